The van der Waals surface area contributed by atoms with Crippen LogP contribution < -0.4 is 5.32 Å². The van der Waals surface area contributed by atoms with Crippen LogP contribution in [0.25, 0.3) is 0 Å². The third-order valence-electron chi connectivity index (χ3n) is 0.778. The van der Waals surface area contributed by atoms with Gasteiger partial charge in [-0.25, -0.2) is 0 Å². The second kappa shape index (κ2) is 5.86. The van der Waals surface area contributed by atoms with Crippen molar-refractivity contribution in [2.24, 2.45) is 0 Å². The zero-order valence-corrected chi connectivity index (χ0v) is 6.41. The van der Waals surface area contributed by atoms with E-state index < -0.39 is 0 Å². The minimum Gasteiger partial charge on any atom is -0.310 e. The van der Waals surface area contributed by atoms with Crippen LogP contribution in [0.2, 0.25) is 0 Å². The van der Waals surface area contributed by atoms with Crippen LogP contribution in [-0.2, 0) is 0 Å². The molecule has 0 bridgehead atoms. The first-order valence-electron chi connectivity index (χ1n) is 2.87. The lowest BCUT2D eigenvalue weighted by Crippen LogP contribution is -2.15. The van der Waals surface area contributed by atoms with Crippen LogP contribution in [0.3, 0.4) is 0 Å². The fraction of sp³-hybridized carbons (Fsp3) is 0.429. The Bertz CT molecular complexity index is 107. The van der Waals surface area contributed by atoms with E-state index in [4.69, 9.17) is 11.6 Å². The molecule has 1 N–H and O–H groups in total. The molecule has 52 valence electrons. The number of hydrogen-bond acceptors (Lipinski definition) is 1. The molecule has 0 amide bonds. The Kier molecular flexibility index (Phi) is 5.68. The molecule has 2 heteroatoms. The Morgan fingerprint density at radius 1 is 1.78 bits per heavy atom. The van der Waals surface area contributed by atoms with Crippen molar-refractivity contribution in [3.05, 3.63) is 23.8 Å². The molecule has 0 spiro atoms. The maximum absolute atomic E-state index is 5.27. The summed E-state index contributed by atoms with van der Waals surface area (Å²) in [6, 6.07) is 0. The van der Waals surface area contributed by atoms with Gasteiger partial charge in [0.2, 0.25) is 0 Å². The molecule has 9 heavy (non-hydrogen) atoms. The van der Waals surface area contributed by atoms with Gasteiger partial charge >= 0.3 is 0 Å². The van der Waals surface area contributed by atoms with E-state index in [-0.39, 0.29) is 0 Å². The Labute approximate surface area is 61.4 Å². The first-order valence-corrected chi connectivity index (χ1v) is 3.31. The molecule has 0 rings (SSSR count). The molecular formula is C7H12ClN. The van der Waals surface area contributed by atoms with Crippen LogP contribution >= 0.6 is 11.6 Å². The van der Waals surface area contributed by atoms with Gasteiger partial charge in [0.1, 0.15) is 0 Å². The zero-order chi connectivity index (χ0) is 7.11. The molecule has 0 atom stereocenters. The molecule has 1 nitrogen and oxygen atoms in total. The third kappa shape index (κ3) is 7.73. The minimum absolute atomic E-state index is 0.816. The molecule has 0 aromatic rings. The van der Waals surface area contributed by atoms with Crippen molar-refractivity contribution >= 4 is 11.6 Å². The van der Waals surface area contributed by atoms with Gasteiger partial charge in [0, 0.05) is 18.6 Å². The fourth-order valence-electron chi connectivity index (χ4n) is 0.413. The molecule has 0 radical (unpaired) electrons. The van der Waals surface area contributed by atoms with Gasteiger partial charge in [0.15, 0.2) is 0 Å². The van der Waals surface area contributed by atoms with Crippen LogP contribution in [0.15, 0.2) is 23.8 Å². The van der Waals surface area contributed by atoms with Crippen LogP contribution in [-0.4, -0.2) is 13.1 Å². The van der Waals surface area contributed by atoms with Crippen molar-refractivity contribution in [2.75, 3.05) is 13.1 Å². The highest BCUT2D eigenvalue weighted by Crippen LogP contribution is 1.81. The van der Waals surface area contributed by atoms with Crippen LogP contribution in [0, 0.1) is 0 Å². The van der Waals surface area contributed by atoms with Gasteiger partial charge < -0.3 is 5.32 Å². The summed E-state index contributed by atoms with van der Waals surface area (Å²) in [6.07, 6.45) is 1.85. The Morgan fingerprint density at radius 2 is 2.44 bits per heavy atom. The molecule has 0 unspecified atom stereocenters. The molecule has 0 aliphatic heterocycles. The van der Waals surface area contributed by atoms with Crippen molar-refractivity contribution in [3.63, 3.8) is 0 Å². The van der Waals surface area contributed by atoms with Gasteiger partial charge in [0.25, 0.3) is 0 Å². The second-order valence-corrected chi connectivity index (χ2v) is 2.20. The van der Waals surface area contributed by atoms with E-state index in [1.165, 1.54) is 5.54 Å². The van der Waals surface area contributed by atoms with Gasteiger partial charge in [-0.2, -0.15) is 0 Å². The number of halogens is 1. The van der Waals surface area contributed by atoms with E-state index in [0.717, 1.165) is 18.7 Å². The standard InChI is InChI=1S/C7H12ClN/c1-7(2)6-9-5-3-4-8/h3-4,9H,1,5-6H2,2H3/b4-3+. The van der Waals surface area contributed by atoms with Crippen LogP contribution in [0.1, 0.15) is 6.92 Å². The average Bonchev–Trinajstić information content (AvgIpc) is 1.80. The summed E-state index contributed by atoms with van der Waals surface area (Å²) in [5.41, 5.74) is 2.64. The number of rotatable bonds is 4. The number of hydrogen-bond donors (Lipinski definition) is 1. The first-order chi connectivity index (χ1) is 4.27. The molecule has 0 aliphatic carbocycles. The van der Waals surface area contributed by atoms with E-state index in [2.05, 4.69) is 11.9 Å². The molecule has 0 saturated carbocycles. The van der Waals surface area contributed by atoms with E-state index in [1.807, 2.05) is 13.0 Å². The normalized spacial score (nSPS) is 10.4. The maximum atomic E-state index is 5.27. The van der Waals surface area contributed by atoms with Crippen molar-refractivity contribution in [2.45, 2.75) is 6.92 Å². The largest absolute Gasteiger partial charge is 0.310 e. The molecular weight excluding hydrogens is 134 g/mol. The summed E-state index contributed by atoms with van der Waals surface area (Å²) in [5, 5.41) is 3.11. The van der Waals surface area contributed by atoms with Gasteiger partial charge in [-0.1, -0.05) is 29.8 Å². The van der Waals surface area contributed by atoms with Crippen molar-refractivity contribution in [3.8, 4) is 0 Å². The lowest BCUT2D eigenvalue weighted by molar-refractivity contribution is 0.817. The Balaban J connectivity index is 3.01. The lowest BCUT2D eigenvalue weighted by Gasteiger charge is -1.97. The highest BCUT2D eigenvalue weighted by atomic mass is 35.5. The molecule has 0 fully saturated rings. The van der Waals surface area contributed by atoms with Gasteiger partial charge in [-0.15, -0.1) is 0 Å². The van der Waals surface area contributed by atoms with E-state index in [1.54, 1.807) is 0 Å². The third-order valence-corrected chi connectivity index (χ3v) is 0.956. The van der Waals surface area contributed by atoms with Gasteiger partial charge in [-0.3, -0.25) is 0 Å². The van der Waals surface area contributed by atoms with Crippen LogP contribution in [0.5, 0.6) is 0 Å². The van der Waals surface area contributed by atoms with Gasteiger partial charge in [0.05, 0.1) is 0 Å². The summed E-state index contributed by atoms with van der Waals surface area (Å²) >= 11 is 5.27. The summed E-state index contributed by atoms with van der Waals surface area (Å²) in [4.78, 5) is 0. The Hall–Kier alpha value is -0.270. The first kappa shape index (κ1) is 8.73. The number of nitrogens with one attached hydrogen (secondary N) is 1. The lowest BCUT2D eigenvalue weighted by atomic mass is 10.3. The average molecular weight is 146 g/mol. The summed E-state index contributed by atoms with van der Waals surface area (Å²) in [7, 11) is 0. The molecule has 0 heterocycles. The summed E-state index contributed by atoms with van der Waals surface area (Å²) in [6.45, 7) is 7.39. The molecule has 0 aliphatic rings. The van der Waals surface area contributed by atoms with E-state index in [9.17, 15) is 0 Å². The maximum Gasteiger partial charge on any atom is 0.0162 e. The summed E-state index contributed by atoms with van der Waals surface area (Å²) in [5.74, 6) is 0. The minimum atomic E-state index is 0.816. The SMILES string of the molecule is C=C(C)CNC/C=C/Cl. The topological polar surface area (TPSA) is 12.0 Å². The van der Waals surface area contributed by atoms with Crippen LogP contribution in [0.4, 0.5) is 0 Å². The van der Waals surface area contributed by atoms with Gasteiger partial charge in [-0.05, 0) is 6.92 Å². The highest BCUT2D eigenvalue weighted by molar-refractivity contribution is 6.25. The smallest absolute Gasteiger partial charge is 0.0162 e. The molecule has 0 aromatic carbocycles. The van der Waals surface area contributed by atoms with Crippen molar-refractivity contribution < 1.29 is 0 Å². The summed E-state index contributed by atoms with van der Waals surface area (Å²) < 4.78 is 0. The highest BCUT2D eigenvalue weighted by Gasteiger charge is 1.80. The quantitative estimate of drug-likeness (QED) is 0.471. The second-order valence-electron chi connectivity index (χ2n) is 1.95. The molecule has 0 aromatic heterocycles. The van der Waals surface area contributed by atoms with Crippen molar-refractivity contribution in [1.29, 1.82) is 0 Å². The predicted molar refractivity (Wildman–Crippen MR) is 42.7 cm³/mol. The molecule has 0 saturated heterocycles. The zero-order valence-electron chi connectivity index (χ0n) is 5.65. The Morgan fingerprint density at radius 3 is 2.89 bits per heavy atom. The van der Waals surface area contributed by atoms with Crippen molar-refractivity contribution in [1.82, 2.24) is 5.32 Å². The van der Waals surface area contributed by atoms with E-state index in [0.29, 0.717) is 0 Å². The fourth-order valence-corrected chi connectivity index (χ4v) is 0.503. The predicted octanol–water partition coefficient (Wildman–Crippen LogP) is 1.90. The van der Waals surface area contributed by atoms with E-state index >= 15 is 0 Å². The monoisotopic (exact) mass is 145 g/mol.